The fourth-order valence-electron chi connectivity index (χ4n) is 4.08. The standard InChI is InChI=1S/C24H31N3O/c1-2-3-4-5-8-14-26-15-17-27(18-16-26)22-11-9-13-23-20(22)19-25-21-10-6-7-12-24(21)28-23/h6-7,9-13,19H,2-5,8,14-18H2,1H3. The second-order valence-corrected chi connectivity index (χ2v) is 7.76. The van der Waals surface area contributed by atoms with E-state index in [1.54, 1.807) is 0 Å². The number of fused-ring (bicyclic) bond motifs is 2. The first-order chi connectivity index (χ1) is 13.8. The maximum Gasteiger partial charge on any atom is 0.153 e. The number of piperazine rings is 1. The number of hydrogen-bond donors (Lipinski definition) is 0. The minimum absolute atomic E-state index is 0.822. The topological polar surface area (TPSA) is 28.1 Å². The lowest BCUT2D eigenvalue weighted by molar-refractivity contribution is 0.252. The van der Waals surface area contributed by atoms with Crippen molar-refractivity contribution in [2.24, 2.45) is 4.99 Å². The van der Waals surface area contributed by atoms with Crippen molar-refractivity contribution in [1.82, 2.24) is 4.90 Å². The van der Waals surface area contributed by atoms with Crippen molar-refractivity contribution in [2.75, 3.05) is 37.6 Å². The summed E-state index contributed by atoms with van der Waals surface area (Å²) in [6.45, 7) is 7.91. The van der Waals surface area contributed by atoms with Crippen LogP contribution in [0.25, 0.3) is 0 Å². The van der Waals surface area contributed by atoms with Crippen LogP contribution in [0, 0.1) is 0 Å². The highest BCUT2D eigenvalue weighted by Crippen LogP contribution is 2.38. The normalized spacial score (nSPS) is 16.2. The van der Waals surface area contributed by atoms with Gasteiger partial charge in [-0.25, -0.2) is 0 Å². The number of anilines is 1. The Labute approximate surface area is 168 Å². The molecule has 28 heavy (non-hydrogen) atoms. The summed E-state index contributed by atoms with van der Waals surface area (Å²) < 4.78 is 6.18. The molecule has 4 heteroatoms. The monoisotopic (exact) mass is 377 g/mol. The highest BCUT2D eigenvalue weighted by Gasteiger charge is 2.21. The fraction of sp³-hybridized carbons (Fsp3) is 0.458. The van der Waals surface area contributed by atoms with Crippen LogP contribution in [0.1, 0.15) is 44.6 Å². The number of hydrogen-bond acceptors (Lipinski definition) is 4. The van der Waals surface area contributed by atoms with Gasteiger partial charge in [-0.2, -0.15) is 0 Å². The Morgan fingerprint density at radius 3 is 2.50 bits per heavy atom. The summed E-state index contributed by atoms with van der Waals surface area (Å²) in [5.74, 6) is 1.71. The maximum atomic E-state index is 6.18. The number of aliphatic imine (C=N–C) groups is 1. The third kappa shape index (κ3) is 4.39. The molecule has 2 aromatic rings. The summed E-state index contributed by atoms with van der Waals surface area (Å²) in [5.41, 5.74) is 3.21. The highest BCUT2D eigenvalue weighted by molar-refractivity contribution is 5.94. The fourth-order valence-corrected chi connectivity index (χ4v) is 4.08. The van der Waals surface area contributed by atoms with E-state index < -0.39 is 0 Å². The molecule has 0 aliphatic carbocycles. The number of benzene rings is 2. The number of unbranched alkanes of at least 4 members (excludes halogenated alkanes) is 4. The summed E-state index contributed by atoms with van der Waals surface area (Å²) >= 11 is 0. The van der Waals surface area contributed by atoms with E-state index in [0.717, 1.165) is 48.9 Å². The Kier molecular flexibility index (Phi) is 6.27. The van der Waals surface area contributed by atoms with E-state index in [9.17, 15) is 0 Å². The molecule has 2 aromatic carbocycles. The first-order valence-electron chi connectivity index (χ1n) is 10.8. The van der Waals surface area contributed by atoms with Gasteiger partial charge in [-0.3, -0.25) is 9.89 Å². The van der Waals surface area contributed by atoms with Crippen molar-refractivity contribution in [2.45, 2.75) is 39.0 Å². The minimum atomic E-state index is 0.822. The van der Waals surface area contributed by atoms with Crippen LogP contribution in [0.2, 0.25) is 0 Å². The average molecular weight is 378 g/mol. The zero-order chi connectivity index (χ0) is 19.2. The van der Waals surface area contributed by atoms with Crippen LogP contribution in [-0.4, -0.2) is 43.8 Å². The molecule has 1 fully saturated rings. The van der Waals surface area contributed by atoms with Crippen LogP contribution in [-0.2, 0) is 0 Å². The molecule has 2 heterocycles. The van der Waals surface area contributed by atoms with Crippen molar-refractivity contribution in [1.29, 1.82) is 0 Å². The van der Waals surface area contributed by atoms with E-state index in [2.05, 4.69) is 33.8 Å². The van der Waals surface area contributed by atoms with Gasteiger partial charge in [-0.1, -0.05) is 50.8 Å². The number of rotatable bonds is 7. The quantitative estimate of drug-likeness (QED) is 0.499. The van der Waals surface area contributed by atoms with E-state index >= 15 is 0 Å². The van der Waals surface area contributed by atoms with Crippen molar-refractivity contribution in [3.05, 3.63) is 48.0 Å². The van der Waals surface area contributed by atoms with Crippen LogP contribution >= 0.6 is 0 Å². The lowest BCUT2D eigenvalue weighted by atomic mass is 10.1. The van der Waals surface area contributed by atoms with Gasteiger partial charge < -0.3 is 9.64 Å². The van der Waals surface area contributed by atoms with E-state index in [4.69, 9.17) is 4.74 Å². The molecule has 0 N–H and O–H groups in total. The molecule has 148 valence electrons. The molecular formula is C24H31N3O. The Balaban J connectivity index is 1.40. The first-order valence-corrected chi connectivity index (χ1v) is 10.8. The van der Waals surface area contributed by atoms with Crippen molar-refractivity contribution in [3.8, 4) is 11.5 Å². The highest BCUT2D eigenvalue weighted by atomic mass is 16.5. The Morgan fingerprint density at radius 1 is 0.857 bits per heavy atom. The van der Waals surface area contributed by atoms with Gasteiger partial charge in [0.2, 0.25) is 0 Å². The van der Waals surface area contributed by atoms with Gasteiger partial charge in [-0.15, -0.1) is 0 Å². The molecule has 1 saturated heterocycles. The Morgan fingerprint density at radius 2 is 1.64 bits per heavy atom. The largest absolute Gasteiger partial charge is 0.454 e. The van der Waals surface area contributed by atoms with Gasteiger partial charge in [0.1, 0.15) is 11.4 Å². The van der Waals surface area contributed by atoms with Crippen LogP contribution in [0.5, 0.6) is 11.5 Å². The van der Waals surface area contributed by atoms with Crippen LogP contribution in [0.3, 0.4) is 0 Å². The smallest absolute Gasteiger partial charge is 0.153 e. The molecule has 0 atom stereocenters. The second kappa shape index (κ2) is 9.24. The maximum absolute atomic E-state index is 6.18. The third-order valence-corrected chi connectivity index (χ3v) is 5.75. The van der Waals surface area contributed by atoms with Crippen molar-refractivity contribution < 1.29 is 4.74 Å². The molecule has 4 rings (SSSR count). The lowest BCUT2D eigenvalue weighted by Crippen LogP contribution is -2.46. The second-order valence-electron chi connectivity index (χ2n) is 7.76. The summed E-state index contributed by atoms with van der Waals surface area (Å²) in [6.07, 6.45) is 8.75. The summed E-state index contributed by atoms with van der Waals surface area (Å²) in [6, 6.07) is 14.3. The van der Waals surface area contributed by atoms with Gasteiger partial charge in [0.05, 0.1) is 5.56 Å². The SMILES string of the molecule is CCCCCCCN1CCN(c2cccc3c2C=Nc2ccccc2O3)CC1. The molecule has 0 unspecified atom stereocenters. The average Bonchev–Trinajstić information content (AvgIpc) is 2.93. The third-order valence-electron chi connectivity index (χ3n) is 5.75. The van der Waals surface area contributed by atoms with Gasteiger partial charge in [-0.05, 0) is 37.2 Å². The molecule has 0 saturated carbocycles. The zero-order valence-electron chi connectivity index (χ0n) is 16.9. The number of ether oxygens (including phenoxy) is 1. The van der Waals surface area contributed by atoms with Crippen LogP contribution < -0.4 is 9.64 Å². The zero-order valence-corrected chi connectivity index (χ0v) is 16.9. The molecular weight excluding hydrogens is 346 g/mol. The van der Waals surface area contributed by atoms with Crippen molar-refractivity contribution >= 4 is 17.6 Å². The van der Waals surface area contributed by atoms with E-state index in [-0.39, 0.29) is 0 Å². The Hall–Kier alpha value is -2.33. The van der Waals surface area contributed by atoms with Gasteiger partial charge in [0.25, 0.3) is 0 Å². The molecule has 0 bridgehead atoms. The van der Waals surface area contributed by atoms with Gasteiger partial charge in [0.15, 0.2) is 5.75 Å². The number of nitrogens with zero attached hydrogens (tertiary/aromatic N) is 3. The van der Waals surface area contributed by atoms with Crippen LogP contribution in [0.4, 0.5) is 11.4 Å². The Bertz CT molecular complexity index is 809. The molecule has 0 aromatic heterocycles. The summed E-state index contributed by atoms with van der Waals surface area (Å²) in [7, 11) is 0. The summed E-state index contributed by atoms with van der Waals surface area (Å²) in [4.78, 5) is 9.78. The molecule has 0 amide bonds. The summed E-state index contributed by atoms with van der Waals surface area (Å²) in [5, 5.41) is 0. The lowest BCUT2D eigenvalue weighted by Gasteiger charge is -2.37. The van der Waals surface area contributed by atoms with Crippen LogP contribution in [0.15, 0.2) is 47.5 Å². The van der Waals surface area contributed by atoms with E-state index in [1.165, 1.54) is 44.3 Å². The van der Waals surface area contributed by atoms with Gasteiger partial charge >= 0.3 is 0 Å². The number of para-hydroxylation sites is 2. The van der Waals surface area contributed by atoms with Crippen molar-refractivity contribution in [3.63, 3.8) is 0 Å². The molecule has 0 radical (unpaired) electrons. The molecule has 4 nitrogen and oxygen atoms in total. The first kappa shape index (κ1) is 19.0. The van der Waals surface area contributed by atoms with E-state index in [1.807, 2.05) is 36.5 Å². The minimum Gasteiger partial charge on any atom is -0.454 e. The molecule has 2 aliphatic heterocycles. The molecule has 0 spiro atoms. The molecule has 2 aliphatic rings. The predicted octanol–water partition coefficient (Wildman–Crippen LogP) is 5.64. The predicted molar refractivity (Wildman–Crippen MR) is 118 cm³/mol. The van der Waals surface area contributed by atoms with Gasteiger partial charge in [0, 0.05) is 38.1 Å². The van der Waals surface area contributed by atoms with E-state index in [0.29, 0.717) is 0 Å².